The fraction of sp³-hybridized carbons (Fsp3) is 0.562. The van der Waals surface area contributed by atoms with E-state index in [2.05, 4.69) is 27.7 Å². The third-order valence-corrected chi connectivity index (χ3v) is 3.87. The Kier molecular flexibility index (Phi) is 6.93. The molecule has 1 amide bonds. The van der Waals surface area contributed by atoms with Crippen LogP contribution in [0.2, 0.25) is 0 Å². The minimum atomic E-state index is 0.195. The number of carbonyl (C=O) groups excluding carboxylic acids is 1. The van der Waals surface area contributed by atoms with Crippen LogP contribution in [0.3, 0.4) is 0 Å². The second kappa shape index (κ2) is 8.20. The van der Waals surface area contributed by atoms with Gasteiger partial charge in [-0.15, -0.1) is 11.8 Å². The topological polar surface area (TPSA) is 46.3 Å². The average molecular weight is 294 g/mol. The summed E-state index contributed by atoms with van der Waals surface area (Å²) in [4.78, 5) is 15.3. The van der Waals surface area contributed by atoms with E-state index in [4.69, 9.17) is 5.73 Å². The smallest absolute Gasteiger partial charge is 0.232 e. The van der Waals surface area contributed by atoms with Gasteiger partial charge in [-0.3, -0.25) is 4.79 Å². The van der Waals surface area contributed by atoms with Crippen molar-refractivity contribution in [3.05, 3.63) is 24.3 Å². The standard InChI is InChI=1S/C16H26N2OS/c1-12(2)9-18(10-13(3)4)16(19)11-20-15-8-6-5-7-14(15)17/h5-8,12-13H,9-11,17H2,1-4H3. The van der Waals surface area contributed by atoms with Crippen LogP contribution in [0.5, 0.6) is 0 Å². The van der Waals surface area contributed by atoms with Crippen LogP contribution < -0.4 is 5.73 Å². The molecule has 0 atom stereocenters. The number of thioether (sulfide) groups is 1. The van der Waals surface area contributed by atoms with Crippen LogP contribution in [-0.2, 0) is 4.79 Å². The molecular formula is C16H26N2OS. The van der Waals surface area contributed by atoms with Crippen LogP contribution in [0.25, 0.3) is 0 Å². The van der Waals surface area contributed by atoms with Gasteiger partial charge in [0.05, 0.1) is 5.75 Å². The Morgan fingerprint density at radius 3 is 2.20 bits per heavy atom. The second-order valence-electron chi connectivity index (χ2n) is 5.91. The van der Waals surface area contributed by atoms with Crippen molar-refractivity contribution in [1.82, 2.24) is 4.90 Å². The zero-order valence-corrected chi connectivity index (χ0v) is 13.7. The molecule has 2 N–H and O–H groups in total. The SMILES string of the molecule is CC(C)CN(CC(C)C)C(=O)CSc1ccccc1N. The number of benzene rings is 1. The molecule has 0 aromatic heterocycles. The first-order chi connectivity index (χ1) is 9.40. The molecule has 0 radical (unpaired) electrons. The fourth-order valence-electron chi connectivity index (χ4n) is 2.00. The van der Waals surface area contributed by atoms with Gasteiger partial charge in [-0.05, 0) is 24.0 Å². The highest BCUT2D eigenvalue weighted by molar-refractivity contribution is 8.00. The molecule has 20 heavy (non-hydrogen) atoms. The number of para-hydroxylation sites is 1. The Morgan fingerprint density at radius 2 is 1.70 bits per heavy atom. The lowest BCUT2D eigenvalue weighted by molar-refractivity contribution is -0.129. The van der Waals surface area contributed by atoms with Crippen molar-refractivity contribution in [2.45, 2.75) is 32.6 Å². The Morgan fingerprint density at radius 1 is 1.15 bits per heavy atom. The average Bonchev–Trinajstić information content (AvgIpc) is 2.35. The van der Waals surface area contributed by atoms with Gasteiger partial charge < -0.3 is 10.6 Å². The van der Waals surface area contributed by atoms with Gasteiger partial charge in [0.15, 0.2) is 0 Å². The number of hydrogen-bond donors (Lipinski definition) is 1. The van der Waals surface area contributed by atoms with Gasteiger partial charge in [0.25, 0.3) is 0 Å². The first kappa shape index (κ1) is 16.9. The molecule has 3 nitrogen and oxygen atoms in total. The van der Waals surface area contributed by atoms with E-state index in [0.29, 0.717) is 17.6 Å². The lowest BCUT2D eigenvalue weighted by Gasteiger charge is -2.26. The number of rotatable bonds is 7. The van der Waals surface area contributed by atoms with E-state index < -0.39 is 0 Å². The van der Waals surface area contributed by atoms with E-state index in [-0.39, 0.29) is 5.91 Å². The third-order valence-electron chi connectivity index (χ3n) is 2.79. The highest BCUT2D eigenvalue weighted by atomic mass is 32.2. The second-order valence-corrected chi connectivity index (χ2v) is 6.93. The summed E-state index contributed by atoms with van der Waals surface area (Å²) in [6.45, 7) is 10.2. The molecule has 1 aromatic carbocycles. The van der Waals surface area contributed by atoms with Crippen LogP contribution >= 0.6 is 11.8 Å². The molecule has 0 bridgehead atoms. The summed E-state index contributed by atoms with van der Waals surface area (Å²) in [6.07, 6.45) is 0. The molecule has 0 aliphatic carbocycles. The van der Waals surface area contributed by atoms with Crippen LogP contribution in [0.4, 0.5) is 5.69 Å². The maximum atomic E-state index is 12.4. The molecule has 0 aliphatic rings. The predicted molar refractivity (Wildman–Crippen MR) is 87.8 cm³/mol. The summed E-state index contributed by atoms with van der Waals surface area (Å²) < 4.78 is 0. The summed E-state index contributed by atoms with van der Waals surface area (Å²) >= 11 is 1.52. The highest BCUT2D eigenvalue weighted by Gasteiger charge is 2.16. The molecule has 112 valence electrons. The number of anilines is 1. The Hall–Kier alpha value is -1.16. The molecule has 0 saturated heterocycles. The first-order valence-corrected chi connectivity index (χ1v) is 8.13. The van der Waals surface area contributed by atoms with Gasteiger partial charge in [-0.2, -0.15) is 0 Å². The van der Waals surface area contributed by atoms with Gasteiger partial charge in [-0.1, -0.05) is 39.8 Å². The van der Waals surface area contributed by atoms with Gasteiger partial charge >= 0.3 is 0 Å². The maximum absolute atomic E-state index is 12.4. The van der Waals surface area contributed by atoms with Crippen LogP contribution in [0, 0.1) is 11.8 Å². The largest absolute Gasteiger partial charge is 0.398 e. The van der Waals surface area contributed by atoms with Crippen molar-refractivity contribution in [2.24, 2.45) is 11.8 Å². The molecule has 0 unspecified atom stereocenters. The van der Waals surface area contributed by atoms with Crippen molar-refractivity contribution in [3.63, 3.8) is 0 Å². The number of nitrogen functional groups attached to an aromatic ring is 1. The van der Waals surface area contributed by atoms with Crippen molar-refractivity contribution >= 4 is 23.4 Å². The van der Waals surface area contributed by atoms with Crippen molar-refractivity contribution in [2.75, 3.05) is 24.6 Å². The van der Waals surface area contributed by atoms with Crippen LogP contribution in [-0.4, -0.2) is 29.6 Å². The molecule has 0 heterocycles. The van der Waals surface area contributed by atoms with E-state index in [1.807, 2.05) is 29.2 Å². The molecule has 1 rings (SSSR count). The maximum Gasteiger partial charge on any atom is 0.232 e. The number of amides is 1. The van der Waals surface area contributed by atoms with Crippen molar-refractivity contribution < 1.29 is 4.79 Å². The number of nitrogens with zero attached hydrogens (tertiary/aromatic N) is 1. The van der Waals surface area contributed by atoms with E-state index in [0.717, 1.165) is 23.7 Å². The van der Waals surface area contributed by atoms with Crippen molar-refractivity contribution in [3.8, 4) is 0 Å². The minimum Gasteiger partial charge on any atom is -0.398 e. The van der Waals surface area contributed by atoms with E-state index in [1.54, 1.807) is 0 Å². The number of nitrogens with two attached hydrogens (primary N) is 1. The molecule has 0 saturated carbocycles. The molecule has 4 heteroatoms. The first-order valence-electron chi connectivity index (χ1n) is 7.15. The van der Waals surface area contributed by atoms with Crippen molar-refractivity contribution in [1.29, 1.82) is 0 Å². The Balaban J connectivity index is 2.59. The van der Waals surface area contributed by atoms with Crippen LogP contribution in [0.15, 0.2) is 29.2 Å². The van der Waals surface area contributed by atoms with E-state index >= 15 is 0 Å². The molecule has 0 aliphatic heterocycles. The minimum absolute atomic E-state index is 0.195. The lowest BCUT2D eigenvalue weighted by atomic mass is 10.1. The van der Waals surface area contributed by atoms with Gasteiger partial charge in [0, 0.05) is 23.7 Å². The van der Waals surface area contributed by atoms with E-state index in [9.17, 15) is 4.79 Å². The normalized spacial score (nSPS) is 11.1. The van der Waals surface area contributed by atoms with Gasteiger partial charge in [0.2, 0.25) is 5.91 Å². The summed E-state index contributed by atoms with van der Waals surface area (Å²) in [6, 6.07) is 7.68. The predicted octanol–water partition coefficient (Wildman–Crippen LogP) is 3.50. The molecule has 0 fully saturated rings. The third kappa shape index (κ3) is 5.87. The van der Waals surface area contributed by atoms with Gasteiger partial charge in [0.1, 0.15) is 0 Å². The van der Waals surface area contributed by atoms with Gasteiger partial charge in [-0.25, -0.2) is 0 Å². The lowest BCUT2D eigenvalue weighted by Crippen LogP contribution is -2.38. The summed E-state index contributed by atoms with van der Waals surface area (Å²) in [7, 11) is 0. The zero-order chi connectivity index (χ0) is 15.1. The highest BCUT2D eigenvalue weighted by Crippen LogP contribution is 2.24. The number of carbonyl (C=O) groups is 1. The summed E-state index contributed by atoms with van der Waals surface area (Å²) in [5, 5.41) is 0. The number of hydrogen-bond acceptors (Lipinski definition) is 3. The molecule has 0 spiro atoms. The summed E-state index contributed by atoms with van der Waals surface area (Å²) in [5.41, 5.74) is 6.64. The monoisotopic (exact) mass is 294 g/mol. The molecular weight excluding hydrogens is 268 g/mol. The molecule has 1 aromatic rings. The van der Waals surface area contributed by atoms with E-state index in [1.165, 1.54) is 11.8 Å². The fourth-order valence-corrected chi connectivity index (χ4v) is 2.87. The summed E-state index contributed by atoms with van der Waals surface area (Å²) in [5.74, 6) is 1.63. The quantitative estimate of drug-likeness (QED) is 0.618. The Labute approximate surface area is 126 Å². The zero-order valence-electron chi connectivity index (χ0n) is 12.9. The van der Waals surface area contributed by atoms with Crippen LogP contribution in [0.1, 0.15) is 27.7 Å². The Bertz CT molecular complexity index is 422.